The van der Waals surface area contributed by atoms with Gasteiger partial charge in [0.1, 0.15) is 32.9 Å². The topological polar surface area (TPSA) is 117 Å². The van der Waals surface area contributed by atoms with E-state index in [1.165, 1.54) is 22.2 Å². The van der Waals surface area contributed by atoms with Crippen molar-refractivity contribution in [3.05, 3.63) is 67.9 Å². The Morgan fingerprint density at radius 2 is 1.80 bits per heavy atom. The molecule has 1 N–H and O–H groups in total. The number of esters is 2. The van der Waals surface area contributed by atoms with E-state index in [9.17, 15) is 19.2 Å². The summed E-state index contributed by atoms with van der Waals surface area (Å²) >= 11 is 2.34. The molecule has 41 heavy (non-hydrogen) atoms. The predicted molar refractivity (Wildman–Crippen MR) is 160 cm³/mol. The SMILES string of the molecule is CCOC(=O)c1c(-c2ccc(C)cc2)csc1NC(=O)Cn1cnc2sc(C(=O)OC3CCCCC3)c(C)c2c1=O. The molecule has 0 bridgehead atoms. The van der Waals surface area contributed by atoms with Crippen molar-refractivity contribution in [2.75, 3.05) is 11.9 Å². The Kier molecular flexibility index (Phi) is 8.65. The Labute approximate surface area is 245 Å². The number of anilines is 1. The highest BCUT2D eigenvalue weighted by Gasteiger charge is 2.26. The van der Waals surface area contributed by atoms with Gasteiger partial charge in [-0.3, -0.25) is 14.2 Å². The van der Waals surface area contributed by atoms with Crippen molar-refractivity contribution in [1.82, 2.24) is 9.55 Å². The molecule has 1 aliphatic rings. The third-order valence-electron chi connectivity index (χ3n) is 7.13. The summed E-state index contributed by atoms with van der Waals surface area (Å²) in [6, 6.07) is 7.72. The number of ether oxygens (including phenoxy) is 2. The molecule has 3 aromatic heterocycles. The smallest absolute Gasteiger partial charge is 0.348 e. The van der Waals surface area contributed by atoms with Crippen molar-refractivity contribution in [1.29, 1.82) is 0 Å². The van der Waals surface area contributed by atoms with Gasteiger partial charge in [0.2, 0.25) is 5.91 Å². The third-order valence-corrected chi connectivity index (χ3v) is 9.20. The number of thiophene rings is 2. The standard InChI is InChI=1S/C30H31N3O6S2/c1-4-38-29(36)24-21(19-12-10-17(2)11-13-19)15-40-27(24)32-22(34)14-33-16-31-26-23(28(33)35)18(3)25(41-26)30(37)39-20-8-6-5-7-9-20/h10-13,15-16,20H,4-9,14H2,1-3H3,(H,32,34). The fourth-order valence-corrected chi connectivity index (χ4v) is 6.97. The molecule has 0 spiro atoms. The zero-order valence-electron chi connectivity index (χ0n) is 23.2. The lowest BCUT2D eigenvalue weighted by atomic mass is 9.98. The molecule has 0 saturated heterocycles. The molecule has 1 aromatic carbocycles. The zero-order chi connectivity index (χ0) is 29.1. The van der Waals surface area contributed by atoms with Crippen LogP contribution in [0.25, 0.3) is 21.3 Å². The van der Waals surface area contributed by atoms with Gasteiger partial charge in [-0.25, -0.2) is 14.6 Å². The average Bonchev–Trinajstić information content (AvgIpc) is 3.52. The van der Waals surface area contributed by atoms with Gasteiger partial charge < -0.3 is 14.8 Å². The molecule has 0 aliphatic heterocycles. The van der Waals surface area contributed by atoms with Gasteiger partial charge in [0, 0.05) is 10.9 Å². The fraction of sp³-hybridized carbons (Fsp3) is 0.367. The summed E-state index contributed by atoms with van der Waals surface area (Å²) < 4.78 is 12.2. The Hall–Kier alpha value is -3.83. The maximum absolute atomic E-state index is 13.4. The van der Waals surface area contributed by atoms with E-state index in [0.717, 1.165) is 54.6 Å². The van der Waals surface area contributed by atoms with Crippen LogP contribution in [0.3, 0.4) is 0 Å². The second kappa shape index (κ2) is 12.4. The van der Waals surface area contributed by atoms with Gasteiger partial charge in [-0.15, -0.1) is 22.7 Å². The number of hydrogen-bond acceptors (Lipinski definition) is 9. The first kappa shape index (κ1) is 28.7. The Bertz CT molecular complexity index is 1660. The van der Waals surface area contributed by atoms with Gasteiger partial charge in [-0.1, -0.05) is 36.2 Å². The summed E-state index contributed by atoms with van der Waals surface area (Å²) in [7, 11) is 0. The van der Waals surface area contributed by atoms with Crippen LogP contribution in [0, 0.1) is 13.8 Å². The monoisotopic (exact) mass is 593 g/mol. The van der Waals surface area contributed by atoms with Crippen LogP contribution in [0.4, 0.5) is 5.00 Å². The van der Waals surface area contributed by atoms with Crippen molar-refractivity contribution < 1.29 is 23.9 Å². The van der Waals surface area contributed by atoms with Crippen molar-refractivity contribution in [3.63, 3.8) is 0 Å². The number of hydrogen-bond donors (Lipinski definition) is 1. The molecule has 1 fully saturated rings. The second-order valence-corrected chi connectivity index (χ2v) is 11.9. The molecule has 0 atom stereocenters. The van der Waals surface area contributed by atoms with Crippen molar-refractivity contribution in [2.45, 2.75) is 65.5 Å². The molecule has 9 nitrogen and oxygen atoms in total. The Balaban J connectivity index is 1.37. The van der Waals surface area contributed by atoms with Gasteiger partial charge in [-0.2, -0.15) is 0 Å². The molecule has 1 saturated carbocycles. The highest BCUT2D eigenvalue weighted by Crippen LogP contribution is 2.36. The number of benzene rings is 1. The van der Waals surface area contributed by atoms with E-state index in [2.05, 4.69) is 10.3 Å². The number of fused-ring (bicyclic) bond motifs is 1. The molecule has 214 valence electrons. The first-order valence-electron chi connectivity index (χ1n) is 13.6. The minimum atomic E-state index is -0.540. The van der Waals surface area contributed by atoms with Crippen molar-refractivity contribution >= 4 is 55.7 Å². The first-order valence-corrected chi connectivity index (χ1v) is 15.3. The number of nitrogens with one attached hydrogen (secondary N) is 1. The first-order chi connectivity index (χ1) is 19.8. The lowest BCUT2D eigenvalue weighted by Gasteiger charge is -2.21. The number of aromatic nitrogens is 2. The largest absolute Gasteiger partial charge is 0.462 e. The van der Waals surface area contributed by atoms with E-state index in [-0.39, 0.29) is 24.8 Å². The number of rotatable bonds is 8. The number of amides is 1. The summed E-state index contributed by atoms with van der Waals surface area (Å²) in [6.07, 6.45) is 6.13. The molecule has 3 heterocycles. The molecule has 11 heteroatoms. The average molecular weight is 594 g/mol. The normalized spacial score (nSPS) is 13.7. The zero-order valence-corrected chi connectivity index (χ0v) is 24.8. The summed E-state index contributed by atoms with van der Waals surface area (Å²) in [5.41, 5.74) is 2.92. The van der Waals surface area contributed by atoms with Gasteiger partial charge in [0.05, 0.1) is 18.3 Å². The van der Waals surface area contributed by atoms with Crippen LogP contribution >= 0.6 is 22.7 Å². The van der Waals surface area contributed by atoms with Crippen LogP contribution < -0.4 is 10.9 Å². The lowest BCUT2D eigenvalue weighted by molar-refractivity contribution is -0.116. The number of nitrogens with zero attached hydrogens (tertiary/aromatic N) is 2. The maximum Gasteiger partial charge on any atom is 0.348 e. The van der Waals surface area contributed by atoms with Crippen LogP contribution in [0.1, 0.15) is 70.2 Å². The third kappa shape index (κ3) is 6.11. The van der Waals surface area contributed by atoms with E-state index in [4.69, 9.17) is 9.47 Å². The van der Waals surface area contributed by atoms with Crippen LogP contribution in [0.5, 0.6) is 0 Å². The number of carbonyl (C=O) groups is 3. The molecule has 0 unspecified atom stereocenters. The second-order valence-electron chi connectivity index (χ2n) is 10.1. The molecule has 1 amide bonds. The van der Waals surface area contributed by atoms with Crippen LogP contribution in [-0.2, 0) is 20.8 Å². The molecule has 0 radical (unpaired) electrons. The molecular weight excluding hydrogens is 562 g/mol. The van der Waals surface area contributed by atoms with E-state index in [0.29, 0.717) is 31.2 Å². The number of aryl methyl sites for hydroxylation is 2. The van der Waals surface area contributed by atoms with E-state index < -0.39 is 23.4 Å². The van der Waals surface area contributed by atoms with Crippen LogP contribution in [0.2, 0.25) is 0 Å². The van der Waals surface area contributed by atoms with Gasteiger partial charge >= 0.3 is 11.9 Å². The van der Waals surface area contributed by atoms with Crippen LogP contribution in [-0.4, -0.2) is 40.1 Å². The molecular formula is C30H31N3O6S2. The van der Waals surface area contributed by atoms with Crippen molar-refractivity contribution in [3.8, 4) is 11.1 Å². The minimum Gasteiger partial charge on any atom is -0.462 e. The highest BCUT2D eigenvalue weighted by molar-refractivity contribution is 7.20. The quantitative estimate of drug-likeness (QED) is 0.245. The Morgan fingerprint density at radius 1 is 1.07 bits per heavy atom. The van der Waals surface area contributed by atoms with E-state index in [1.807, 2.05) is 31.2 Å². The summed E-state index contributed by atoms with van der Waals surface area (Å²) in [6.45, 7) is 5.27. The summed E-state index contributed by atoms with van der Waals surface area (Å²) in [5, 5.41) is 5.21. The van der Waals surface area contributed by atoms with Crippen molar-refractivity contribution in [2.24, 2.45) is 0 Å². The molecule has 1 aliphatic carbocycles. The van der Waals surface area contributed by atoms with Gasteiger partial charge in [0.15, 0.2) is 0 Å². The fourth-order valence-electron chi connectivity index (χ4n) is 4.98. The number of carbonyl (C=O) groups excluding carboxylic acids is 3. The lowest BCUT2D eigenvalue weighted by Crippen LogP contribution is -2.28. The van der Waals surface area contributed by atoms with Crippen LogP contribution in [0.15, 0.2) is 40.8 Å². The Morgan fingerprint density at radius 3 is 2.51 bits per heavy atom. The minimum absolute atomic E-state index is 0.0996. The van der Waals surface area contributed by atoms with E-state index >= 15 is 0 Å². The van der Waals surface area contributed by atoms with Gasteiger partial charge in [0.25, 0.3) is 5.56 Å². The van der Waals surface area contributed by atoms with Gasteiger partial charge in [-0.05, 0) is 57.6 Å². The summed E-state index contributed by atoms with van der Waals surface area (Å²) in [5.74, 6) is -1.47. The molecule has 5 rings (SSSR count). The summed E-state index contributed by atoms with van der Waals surface area (Å²) in [4.78, 5) is 57.4. The molecule has 4 aromatic rings. The maximum atomic E-state index is 13.4. The highest BCUT2D eigenvalue weighted by atomic mass is 32.1. The van der Waals surface area contributed by atoms with E-state index in [1.54, 1.807) is 19.2 Å². The predicted octanol–water partition coefficient (Wildman–Crippen LogP) is 6.11.